The predicted molar refractivity (Wildman–Crippen MR) is 60.6 cm³/mol. The van der Waals surface area contributed by atoms with Crippen LogP contribution >= 0.6 is 45.2 Å². The van der Waals surface area contributed by atoms with Crippen molar-refractivity contribution in [3.05, 3.63) is 0 Å². The number of nitrogens with two attached hydrogens (primary N) is 2. The molecule has 0 amide bonds. The van der Waals surface area contributed by atoms with Crippen molar-refractivity contribution in [1.29, 1.82) is 0 Å². The molecule has 2 nitrogen and oxygen atoms in total. The summed E-state index contributed by atoms with van der Waals surface area (Å²) < 4.78 is 1.08. The molecular formula is C6H12I2N2. The second-order valence-corrected chi connectivity index (χ2v) is 5.86. The van der Waals surface area contributed by atoms with Crippen molar-refractivity contribution in [3.8, 4) is 0 Å². The average molecular weight is 366 g/mol. The second kappa shape index (κ2) is 3.40. The molecule has 1 rings (SSSR count). The minimum Gasteiger partial charge on any atom is -0.313 e. The van der Waals surface area contributed by atoms with Gasteiger partial charge in [0.2, 0.25) is 0 Å². The fourth-order valence-corrected chi connectivity index (χ4v) is 3.01. The lowest BCUT2D eigenvalue weighted by atomic mass is 9.91. The zero-order valence-corrected chi connectivity index (χ0v) is 10.0. The fraction of sp³-hybridized carbons (Fsp3) is 1.00. The molecule has 1 aliphatic rings. The van der Waals surface area contributed by atoms with Crippen LogP contribution in [0.4, 0.5) is 0 Å². The average Bonchev–Trinajstić information content (AvgIpc) is 1.83. The monoisotopic (exact) mass is 366 g/mol. The van der Waals surface area contributed by atoms with E-state index in [1.165, 1.54) is 12.8 Å². The van der Waals surface area contributed by atoms with Crippen LogP contribution < -0.4 is 11.5 Å². The summed E-state index contributed by atoms with van der Waals surface area (Å²) in [5, 5.41) is 0. The lowest BCUT2D eigenvalue weighted by Crippen LogP contribution is -2.60. The molecule has 60 valence electrons. The van der Waals surface area contributed by atoms with Gasteiger partial charge in [0.25, 0.3) is 0 Å². The van der Waals surface area contributed by atoms with Gasteiger partial charge in [-0.25, -0.2) is 0 Å². The van der Waals surface area contributed by atoms with Crippen molar-refractivity contribution in [1.82, 2.24) is 0 Å². The highest BCUT2D eigenvalue weighted by Crippen LogP contribution is 2.33. The predicted octanol–water partition coefficient (Wildman–Crippen LogP) is 1.39. The fourth-order valence-electron chi connectivity index (χ4n) is 1.22. The van der Waals surface area contributed by atoms with Crippen molar-refractivity contribution in [2.75, 3.05) is 0 Å². The zero-order chi connectivity index (χ0) is 7.78. The molecule has 0 aromatic rings. The molecule has 0 bridgehead atoms. The van der Waals surface area contributed by atoms with Gasteiger partial charge in [0, 0.05) is 3.92 Å². The highest BCUT2D eigenvalue weighted by molar-refractivity contribution is 14.1. The van der Waals surface area contributed by atoms with Gasteiger partial charge in [-0.2, -0.15) is 0 Å². The van der Waals surface area contributed by atoms with E-state index in [2.05, 4.69) is 45.2 Å². The van der Waals surface area contributed by atoms with E-state index in [1.807, 2.05) is 0 Å². The topological polar surface area (TPSA) is 52.0 Å². The Hall–Kier alpha value is 1.38. The maximum absolute atomic E-state index is 5.88. The summed E-state index contributed by atoms with van der Waals surface area (Å²) in [5.74, 6) is 0. The Morgan fingerprint density at radius 1 is 1.30 bits per heavy atom. The summed E-state index contributed by atoms with van der Waals surface area (Å²) in [6, 6.07) is 0. The summed E-state index contributed by atoms with van der Waals surface area (Å²) in [6.07, 6.45) is 3.42. The molecule has 4 heteroatoms. The molecule has 0 aromatic heterocycles. The molecule has 2 unspecified atom stereocenters. The van der Waals surface area contributed by atoms with Crippen molar-refractivity contribution in [3.63, 3.8) is 0 Å². The quantitative estimate of drug-likeness (QED) is 0.387. The Bertz CT molecular complexity index is 127. The van der Waals surface area contributed by atoms with Gasteiger partial charge < -0.3 is 11.5 Å². The number of halogens is 2. The molecule has 1 aliphatic carbocycles. The van der Waals surface area contributed by atoms with E-state index in [4.69, 9.17) is 11.5 Å². The first-order valence-electron chi connectivity index (χ1n) is 3.40. The van der Waals surface area contributed by atoms with E-state index >= 15 is 0 Å². The molecule has 0 spiro atoms. The first-order valence-corrected chi connectivity index (χ1v) is 5.89. The first-order chi connectivity index (χ1) is 4.54. The van der Waals surface area contributed by atoms with E-state index in [0.717, 1.165) is 6.42 Å². The van der Waals surface area contributed by atoms with Gasteiger partial charge in [-0.15, -0.1) is 0 Å². The summed E-state index contributed by atoms with van der Waals surface area (Å²) in [5.41, 5.74) is 11.3. The summed E-state index contributed by atoms with van der Waals surface area (Å²) in [7, 11) is 0. The third-order valence-corrected chi connectivity index (χ3v) is 6.67. The molecule has 0 aliphatic heterocycles. The Morgan fingerprint density at radius 2 is 1.90 bits per heavy atom. The van der Waals surface area contributed by atoms with Crippen molar-refractivity contribution in [2.45, 2.75) is 32.8 Å². The Kier molecular flexibility index (Phi) is 3.22. The second-order valence-electron chi connectivity index (χ2n) is 2.92. The normalized spacial score (nSPS) is 39.6. The van der Waals surface area contributed by atoms with Crippen molar-refractivity contribution >= 4 is 45.2 Å². The SMILES string of the molecule is NC1(N)CCCC(I)C1I. The van der Waals surface area contributed by atoms with Gasteiger partial charge in [0.05, 0.1) is 9.59 Å². The minimum absolute atomic E-state index is 0.412. The summed E-state index contributed by atoms with van der Waals surface area (Å²) in [6.45, 7) is 0. The molecule has 1 saturated carbocycles. The number of hydrogen-bond acceptors (Lipinski definition) is 2. The smallest absolute Gasteiger partial charge is 0.0767 e. The van der Waals surface area contributed by atoms with Crippen LogP contribution in [0.2, 0.25) is 0 Å². The first kappa shape index (κ1) is 9.47. The van der Waals surface area contributed by atoms with Crippen molar-refractivity contribution in [2.24, 2.45) is 11.5 Å². The standard InChI is InChI=1S/C6H12I2N2/c7-4-2-1-3-6(9,10)5(4)8/h4-5H,1-3,9-10H2. The minimum atomic E-state index is -0.412. The Morgan fingerprint density at radius 3 is 2.30 bits per heavy atom. The molecule has 10 heavy (non-hydrogen) atoms. The Balaban J connectivity index is 2.60. The van der Waals surface area contributed by atoms with E-state index < -0.39 is 5.66 Å². The number of hydrogen-bond donors (Lipinski definition) is 2. The summed E-state index contributed by atoms with van der Waals surface area (Å²) in [4.78, 5) is 0. The van der Waals surface area contributed by atoms with E-state index in [1.54, 1.807) is 0 Å². The number of alkyl halides is 2. The molecule has 0 heterocycles. The maximum atomic E-state index is 5.88. The largest absolute Gasteiger partial charge is 0.313 e. The summed E-state index contributed by atoms with van der Waals surface area (Å²) >= 11 is 4.81. The Labute approximate surface area is 88.8 Å². The van der Waals surface area contributed by atoms with Gasteiger partial charge in [-0.1, -0.05) is 45.2 Å². The molecule has 2 atom stereocenters. The van der Waals surface area contributed by atoms with Crippen LogP contribution in [0.3, 0.4) is 0 Å². The van der Waals surface area contributed by atoms with Crippen LogP contribution in [0.1, 0.15) is 19.3 Å². The molecule has 0 radical (unpaired) electrons. The van der Waals surface area contributed by atoms with E-state index in [9.17, 15) is 0 Å². The lowest BCUT2D eigenvalue weighted by Gasteiger charge is -2.37. The molecule has 0 saturated heterocycles. The van der Waals surface area contributed by atoms with Crippen molar-refractivity contribution < 1.29 is 0 Å². The third kappa shape index (κ3) is 1.95. The van der Waals surface area contributed by atoms with Gasteiger partial charge in [-0.05, 0) is 19.3 Å². The molecular weight excluding hydrogens is 354 g/mol. The van der Waals surface area contributed by atoms with Crippen LogP contribution in [0.5, 0.6) is 0 Å². The van der Waals surface area contributed by atoms with Crippen LogP contribution in [0, 0.1) is 0 Å². The van der Waals surface area contributed by atoms with Gasteiger partial charge in [0.1, 0.15) is 0 Å². The highest BCUT2D eigenvalue weighted by Gasteiger charge is 2.36. The number of rotatable bonds is 0. The van der Waals surface area contributed by atoms with Crippen LogP contribution in [-0.4, -0.2) is 13.5 Å². The van der Waals surface area contributed by atoms with Gasteiger partial charge in [0.15, 0.2) is 0 Å². The maximum Gasteiger partial charge on any atom is 0.0767 e. The van der Waals surface area contributed by atoms with Crippen LogP contribution in [-0.2, 0) is 0 Å². The van der Waals surface area contributed by atoms with Crippen LogP contribution in [0.25, 0.3) is 0 Å². The molecule has 4 N–H and O–H groups in total. The zero-order valence-electron chi connectivity index (χ0n) is 5.69. The van der Waals surface area contributed by atoms with Crippen LogP contribution in [0.15, 0.2) is 0 Å². The third-order valence-electron chi connectivity index (χ3n) is 1.92. The molecule has 1 fully saturated rings. The van der Waals surface area contributed by atoms with E-state index in [0.29, 0.717) is 7.85 Å². The van der Waals surface area contributed by atoms with Gasteiger partial charge >= 0.3 is 0 Å². The molecule has 0 aromatic carbocycles. The lowest BCUT2D eigenvalue weighted by molar-refractivity contribution is 0.339. The highest BCUT2D eigenvalue weighted by atomic mass is 127. The van der Waals surface area contributed by atoms with E-state index in [-0.39, 0.29) is 0 Å². The van der Waals surface area contributed by atoms with Gasteiger partial charge in [-0.3, -0.25) is 0 Å².